The van der Waals surface area contributed by atoms with Gasteiger partial charge in [0.05, 0.1) is 0 Å². The lowest BCUT2D eigenvalue weighted by atomic mass is 10.2. The third-order valence-electron chi connectivity index (χ3n) is 2.97. The van der Waals surface area contributed by atoms with Crippen LogP contribution in [0.1, 0.15) is 31.7 Å². The average Bonchev–Trinajstić information content (AvgIpc) is 2.82. The van der Waals surface area contributed by atoms with Crippen LogP contribution in [0.15, 0.2) is 30.3 Å². The predicted octanol–water partition coefficient (Wildman–Crippen LogP) is 3.12. The molecule has 2 rings (SSSR count). The molecule has 0 radical (unpaired) electrons. The van der Waals surface area contributed by atoms with E-state index < -0.39 is 23.7 Å². The number of rotatable bonds is 2. The Labute approximate surface area is 128 Å². The van der Waals surface area contributed by atoms with Gasteiger partial charge in [0.15, 0.2) is 0 Å². The third kappa shape index (κ3) is 3.69. The molecule has 0 unspecified atom stereocenters. The number of carboxylic acid groups (broad SMARTS) is 1. The second kappa shape index (κ2) is 5.97. The van der Waals surface area contributed by atoms with Crippen LogP contribution in [0.2, 0.25) is 0 Å². The van der Waals surface area contributed by atoms with E-state index in [2.05, 4.69) is 0 Å². The molecule has 1 amide bonds. The van der Waals surface area contributed by atoms with E-state index in [0.29, 0.717) is 5.75 Å². The summed E-state index contributed by atoms with van der Waals surface area (Å²) in [6.45, 7) is 5.30. The summed E-state index contributed by atoms with van der Waals surface area (Å²) in [5.74, 6) is -0.652. The maximum Gasteiger partial charge on any atom is 0.412 e. The van der Waals surface area contributed by atoms with Crippen molar-refractivity contribution in [2.75, 3.05) is 5.75 Å². The number of thioether (sulfide) groups is 1. The van der Waals surface area contributed by atoms with E-state index in [9.17, 15) is 14.7 Å². The minimum absolute atomic E-state index is 0.331. The van der Waals surface area contributed by atoms with E-state index >= 15 is 0 Å². The van der Waals surface area contributed by atoms with Crippen LogP contribution in [0, 0.1) is 0 Å². The smallest absolute Gasteiger partial charge is 0.412 e. The molecule has 114 valence electrons. The van der Waals surface area contributed by atoms with Crippen molar-refractivity contribution < 1.29 is 19.4 Å². The van der Waals surface area contributed by atoms with Gasteiger partial charge in [0.2, 0.25) is 0 Å². The molecule has 1 aliphatic heterocycles. The van der Waals surface area contributed by atoms with Gasteiger partial charge in [-0.15, -0.1) is 11.8 Å². The summed E-state index contributed by atoms with van der Waals surface area (Å²) in [5.41, 5.74) is 0.242. The molecule has 0 saturated carbocycles. The van der Waals surface area contributed by atoms with Crippen molar-refractivity contribution in [3.8, 4) is 0 Å². The van der Waals surface area contributed by atoms with Gasteiger partial charge in [0.25, 0.3) is 0 Å². The topological polar surface area (TPSA) is 66.8 Å². The lowest BCUT2D eigenvalue weighted by molar-refractivity contribution is -0.142. The Bertz CT molecular complexity index is 526. The van der Waals surface area contributed by atoms with Gasteiger partial charge in [0.1, 0.15) is 17.0 Å². The number of amides is 1. The van der Waals surface area contributed by atoms with Crippen molar-refractivity contribution in [2.45, 2.75) is 37.8 Å². The van der Waals surface area contributed by atoms with Gasteiger partial charge in [-0.2, -0.15) is 0 Å². The summed E-state index contributed by atoms with van der Waals surface area (Å²) in [6, 6.07) is 8.54. The van der Waals surface area contributed by atoms with E-state index in [0.717, 1.165) is 5.56 Å². The minimum atomic E-state index is -1.01. The third-order valence-corrected chi connectivity index (χ3v) is 4.30. The van der Waals surface area contributed by atoms with Crippen LogP contribution in [0.5, 0.6) is 0 Å². The van der Waals surface area contributed by atoms with Crippen molar-refractivity contribution in [2.24, 2.45) is 0 Å². The Kier molecular flexibility index (Phi) is 4.46. The van der Waals surface area contributed by atoms with Gasteiger partial charge in [-0.1, -0.05) is 30.3 Å². The first-order valence-corrected chi connectivity index (χ1v) is 7.75. The highest BCUT2D eigenvalue weighted by molar-refractivity contribution is 7.99. The lowest BCUT2D eigenvalue weighted by Gasteiger charge is -2.30. The Hall–Kier alpha value is -1.69. The van der Waals surface area contributed by atoms with E-state index in [1.807, 2.05) is 30.3 Å². The second-order valence-corrected chi connectivity index (χ2v) is 6.95. The van der Waals surface area contributed by atoms with E-state index in [1.165, 1.54) is 16.7 Å². The van der Waals surface area contributed by atoms with Crippen molar-refractivity contribution >= 4 is 23.8 Å². The van der Waals surface area contributed by atoms with Crippen LogP contribution in [-0.4, -0.2) is 39.5 Å². The summed E-state index contributed by atoms with van der Waals surface area (Å²) in [7, 11) is 0. The van der Waals surface area contributed by atoms with Gasteiger partial charge in [-0.05, 0) is 26.3 Å². The number of nitrogens with zero attached hydrogens (tertiary/aromatic N) is 1. The molecule has 1 aromatic rings. The number of hydrogen-bond acceptors (Lipinski definition) is 4. The van der Waals surface area contributed by atoms with Crippen LogP contribution in [0.4, 0.5) is 4.79 Å². The summed E-state index contributed by atoms with van der Waals surface area (Å²) in [4.78, 5) is 25.1. The summed E-state index contributed by atoms with van der Waals surface area (Å²) in [6.07, 6.45) is -0.589. The number of hydrogen-bond donors (Lipinski definition) is 1. The highest BCUT2D eigenvalue weighted by Gasteiger charge is 2.44. The quantitative estimate of drug-likeness (QED) is 0.909. The largest absolute Gasteiger partial charge is 0.480 e. The zero-order chi connectivity index (χ0) is 15.6. The molecule has 1 saturated heterocycles. The van der Waals surface area contributed by atoms with Gasteiger partial charge in [-0.25, -0.2) is 9.59 Å². The van der Waals surface area contributed by atoms with Crippen LogP contribution in [-0.2, 0) is 9.53 Å². The molecule has 0 bridgehead atoms. The van der Waals surface area contributed by atoms with Gasteiger partial charge in [-0.3, -0.25) is 4.90 Å². The highest BCUT2D eigenvalue weighted by atomic mass is 32.2. The number of benzene rings is 1. The molecule has 0 aromatic heterocycles. The molecular weight excluding hydrogens is 290 g/mol. The lowest BCUT2D eigenvalue weighted by Crippen LogP contribution is -2.45. The summed E-state index contributed by atoms with van der Waals surface area (Å²) < 4.78 is 5.36. The fourth-order valence-corrected chi connectivity index (χ4v) is 3.52. The fraction of sp³-hybridized carbons (Fsp3) is 0.467. The standard InChI is InChI=1S/C15H19NO4S/c1-15(2,3)20-14(19)16-11(13(17)18)9-21-12(16)10-7-5-4-6-8-10/h4-8,11-12H,9H2,1-3H3,(H,17,18)/t11-,12+/m0/s1. The normalized spacial score (nSPS) is 22.1. The molecule has 6 heteroatoms. The molecule has 21 heavy (non-hydrogen) atoms. The molecule has 0 spiro atoms. The number of carboxylic acids is 1. The van der Waals surface area contributed by atoms with E-state index in [4.69, 9.17) is 4.74 Å². The minimum Gasteiger partial charge on any atom is -0.480 e. The molecule has 1 aromatic carbocycles. The van der Waals surface area contributed by atoms with Crippen LogP contribution in [0.25, 0.3) is 0 Å². The number of carbonyl (C=O) groups is 2. The molecule has 1 heterocycles. The van der Waals surface area contributed by atoms with E-state index in [1.54, 1.807) is 20.8 Å². The van der Waals surface area contributed by atoms with Gasteiger partial charge >= 0.3 is 12.1 Å². The molecular formula is C15H19NO4S. The average molecular weight is 309 g/mol. The zero-order valence-corrected chi connectivity index (χ0v) is 13.1. The van der Waals surface area contributed by atoms with Gasteiger partial charge in [0, 0.05) is 5.75 Å². The monoisotopic (exact) mass is 309 g/mol. The molecule has 1 fully saturated rings. The first-order valence-electron chi connectivity index (χ1n) is 6.70. The fourth-order valence-electron chi connectivity index (χ4n) is 2.11. The molecule has 1 N–H and O–H groups in total. The van der Waals surface area contributed by atoms with Crippen molar-refractivity contribution in [3.63, 3.8) is 0 Å². The van der Waals surface area contributed by atoms with Crippen molar-refractivity contribution in [3.05, 3.63) is 35.9 Å². The maximum absolute atomic E-state index is 12.4. The van der Waals surface area contributed by atoms with E-state index in [-0.39, 0.29) is 5.37 Å². The molecule has 5 nitrogen and oxygen atoms in total. The highest BCUT2D eigenvalue weighted by Crippen LogP contribution is 2.42. The van der Waals surface area contributed by atoms with Crippen molar-refractivity contribution in [1.29, 1.82) is 0 Å². The number of carbonyl (C=O) groups excluding carboxylic acids is 1. The molecule has 0 aliphatic carbocycles. The predicted molar refractivity (Wildman–Crippen MR) is 81.1 cm³/mol. The van der Waals surface area contributed by atoms with Crippen LogP contribution in [0.3, 0.4) is 0 Å². The number of aliphatic carboxylic acids is 1. The van der Waals surface area contributed by atoms with Crippen LogP contribution < -0.4 is 0 Å². The summed E-state index contributed by atoms with van der Waals surface area (Å²) >= 11 is 1.44. The molecule has 1 aliphatic rings. The van der Waals surface area contributed by atoms with Crippen LogP contribution >= 0.6 is 11.8 Å². The Morgan fingerprint density at radius 3 is 2.43 bits per heavy atom. The first-order chi connectivity index (χ1) is 9.79. The maximum atomic E-state index is 12.4. The SMILES string of the molecule is CC(C)(C)OC(=O)N1[C@@H](c2ccccc2)SC[C@H]1C(=O)O. The number of ether oxygens (including phenoxy) is 1. The van der Waals surface area contributed by atoms with Gasteiger partial charge < -0.3 is 9.84 Å². The summed E-state index contributed by atoms with van der Waals surface area (Å²) in [5, 5.41) is 9.00. The Balaban J connectivity index is 2.29. The van der Waals surface area contributed by atoms with Crippen molar-refractivity contribution in [1.82, 2.24) is 4.90 Å². The molecule has 2 atom stereocenters. The Morgan fingerprint density at radius 2 is 1.90 bits per heavy atom. The first kappa shape index (κ1) is 15.7. The zero-order valence-electron chi connectivity index (χ0n) is 12.3. The Morgan fingerprint density at radius 1 is 1.29 bits per heavy atom. The second-order valence-electron chi connectivity index (χ2n) is 5.84.